The Morgan fingerprint density at radius 1 is 1.44 bits per heavy atom. The predicted octanol–water partition coefficient (Wildman–Crippen LogP) is 1.58. The van der Waals surface area contributed by atoms with E-state index in [4.69, 9.17) is 16.3 Å². The number of halogens is 1. The zero-order valence-corrected chi connectivity index (χ0v) is 16.0. The molecule has 1 aliphatic rings. The highest BCUT2D eigenvalue weighted by Crippen LogP contribution is 2.17. The second-order valence-electron chi connectivity index (χ2n) is 6.49. The Hall–Kier alpha value is -1.60. The normalized spacial score (nSPS) is 17.8. The summed E-state index contributed by atoms with van der Waals surface area (Å²) in [5.41, 5.74) is 0. The number of likely N-dealkylation sites (N-methyl/N-ethyl adjacent to an activating group) is 1. The maximum Gasteiger partial charge on any atom is 0.326 e. The van der Waals surface area contributed by atoms with Gasteiger partial charge in [0, 0.05) is 32.0 Å². The molecule has 1 aromatic heterocycles. The van der Waals surface area contributed by atoms with E-state index in [0.29, 0.717) is 36.5 Å². The van der Waals surface area contributed by atoms with E-state index >= 15 is 0 Å². The lowest BCUT2D eigenvalue weighted by molar-refractivity contribution is -0.143. The molecule has 0 aromatic carbocycles. The number of hydrogen-bond acceptors (Lipinski definition) is 5. The van der Waals surface area contributed by atoms with Gasteiger partial charge in [-0.3, -0.25) is 9.59 Å². The standard InChI is InChI=1S/C17H27ClN4O3/c1-4-25-17(24)12-22-14(18)10-19-15(22)7-8-16(23)21-9-5-6-13(11-21)20(2)3/h10,13H,4-9,11-12H2,1-3H3/t13-/m1/s1. The maximum atomic E-state index is 12.5. The van der Waals surface area contributed by atoms with Crippen LogP contribution in [0.3, 0.4) is 0 Å². The summed E-state index contributed by atoms with van der Waals surface area (Å²) in [5.74, 6) is 0.390. The Bertz CT molecular complexity index is 603. The number of esters is 1. The molecule has 0 spiro atoms. The Morgan fingerprint density at radius 3 is 2.88 bits per heavy atom. The van der Waals surface area contributed by atoms with Gasteiger partial charge in [-0.25, -0.2) is 4.98 Å². The van der Waals surface area contributed by atoms with E-state index in [2.05, 4.69) is 9.88 Å². The van der Waals surface area contributed by atoms with Gasteiger partial charge in [0.15, 0.2) is 0 Å². The van der Waals surface area contributed by atoms with Crippen LogP contribution in [0.2, 0.25) is 5.15 Å². The molecule has 140 valence electrons. The van der Waals surface area contributed by atoms with Crippen LogP contribution in [0.1, 0.15) is 32.0 Å². The SMILES string of the molecule is CCOC(=O)Cn1c(Cl)cnc1CCC(=O)N1CCC[C@@H](N(C)C)C1. The van der Waals surface area contributed by atoms with Crippen LogP contribution >= 0.6 is 11.6 Å². The average molecular weight is 371 g/mol. The van der Waals surface area contributed by atoms with Gasteiger partial charge in [-0.1, -0.05) is 11.6 Å². The number of aromatic nitrogens is 2. The van der Waals surface area contributed by atoms with Gasteiger partial charge in [0.1, 0.15) is 17.5 Å². The van der Waals surface area contributed by atoms with Crippen molar-refractivity contribution in [1.29, 1.82) is 0 Å². The molecule has 1 atom stereocenters. The summed E-state index contributed by atoms with van der Waals surface area (Å²) >= 11 is 6.10. The van der Waals surface area contributed by atoms with Crippen LogP contribution in [0.4, 0.5) is 0 Å². The van der Waals surface area contributed by atoms with E-state index in [1.54, 1.807) is 11.5 Å². The van der Waals surface area contributed by atoms with E-state index in [1.807, 2.05) is 19.0 Å². The summed E-state index contributed by atoms with van der Waals surface area (Å²) < 4.78 is 6.56. The zero-order chi connectivity index (χ0) is 18.4. The first kappa shape index (κ1) is 19.7. The van der Waals surface area contributed by atoms with Gasteiger partial charge in [-0.05, 0) is 33.9 Å². The minimum Gasteiger partial charge on any atom is -0.465 e. The van der Waals surface area contributed by atoms with E-state index in [1.165, 1.54) is 6.20 Å². The van der Waals surface area contributed by atoms with Gasteiger partial charge in [0.05, 0.1) is 12.8 Å². The molecule has 1 aliphatic heterocycles. The molecular formula is C17H27ClN4O3. The van der Waals surface area contributed by atoms with Crippen LogP contribution in [0.15, 0.2) is 6.20 Å². The molecule has 0 saturated carbocycles. The maximum absolute atomic E-state index is 12.5. The Kier molecular flexibility index (Phi) is 7.25. The molecule has 0 aliphatic carbocycles. The van der Waals surface area contributed by atoms with Crippen LogP contribution < -0.4 is 0 Å². The number of imidazole rings is 1. The van der Waals surface area contributed by atoms with E-state index in [0.717, 1.165) is 25.9 Å². The van der Waals surface area contributed by atoms with Gasteiger partial charge in [-0.15, -0.1) is 0 Å². The van der Waals surface area contributed by atoms with Crippen molar-refractivity contribution in [2.45, 2.75) is 45.2 Å². The molecule has 7 nitrogen and oxygen atoms in total. The van der Waals surface area contributed by atoms with Gasteiger partial charge in [0.25, 0.3) is 0 Å². The number of carbonyl (C=O) groups excluding carboxylic acids is 2. The van der Waals surface area contributed by atoms with Crippen molar-refractivity contribution in [3.8, 4) is 0 Å². The van der Waals surface area contributed by atoms with Crippen LogP contribution in [0.25, 0.3) is 0 Å². The largest absolute Gasteiger partial charge is 0.465 e. The number of hydrogen-bond donors (Lipinski definition) is 0. The Balaban J connectivity index is 1.92. The third kappa shape index (κ3) is 5.44. The summed E-state index contributed by atoms with van der Waals surface area (Å²) in [4.78, 5) is 32.5. The summed E-state index contributed by atoms with van der Waals surface area (Å²) in [6, 6.07) is 0.415. The van der Waals surface area contributed by atoms with E-state index in [9.17, 15) is 9.59 Å². The van der Waals surface area contributed by atoms with Crippen molar-refractivity contribution in [2.75, 3.05) is 33.8 Å². The summed E-state index contributed by atoms with van der Waals surface area (Å²) in [6.07, 6.45) is 4.46. The van der Waals surface area contributed by atoms with Gasteiger partial charge in [-0.2, -0.15) is 0 Å². The third-order valence-electron chi connectivity index (χ3n) is 4.52. The lowest BCUT2D eigenvalue weighted by atomic mass is 10.0. The number of carbonyl (C=O) groups is 2. The number of amides is 1. The Labute approximate surface area is 153 Å². The topological polar surface area (TPSA) is 67.7 Å². The number of nitrogens with zero attached hydrogens (tertiary/aromatic N) is 4. The zero-order valence-electron chi connectivity index (χ0n) is 15.2. The van der Waals surface area contributed by atoms with Crippen molar-refractivity contribution < 1.29 is 14.3 Å². The molecule has 25 heavy (non-hydrogen) atoms. The van der Waals surface area contributed by atoms with Crippen LogP contribution in [-0.2, 0) is 27.3 Å². The first-order valence-electron chi connectivity index (χ1n) is 8.72. The van der Waals surface area contributed by atoms with E-state index < -0.39 is 0 Å². The Morgan fingerprint density at radius 2 is 2.20 bits per heavy atom. The number of rotatable bonds is 7. The molecule has 1 fully saturated rings. The molecular weight excluding hydrogens is 344 g/mol. The second-order valence-corrected chi connectivity index (χ2v) is 6.87. The monoisotopic (exact) mass is 370 g/mol. The number of ether oxygens (including phenoxy) is 1. The summed E-state index contributed by atoms with van der Waals surface area (Å²) in [7, 11) is 4.10. The molecule has 2 heterocycles. The molecule has 1 aromatic rings. The number of aryl methyl sites for hydroxylation is 1. The van der Waals surface area contributed by atoms with Crippen molar-refractivity contribution >= 4 is 23.5 Å². The van der Waals surface area contributed by atoms with Gasteiger partial charge >= 0.3 is 5.97 Å². The fourth-order valence-electron chi connectivity index (χ4n) is 3.07. The average Bonchev–Trinajstić information content (AvgIpc) is 2.93. The lowest BCUT2D eigenvalue weighted by Crippen LogP contribution is -2.47. The molecule has 0 radical (unpaired) electrons. The minimum atomic E-state index is -0.361. The highest BCUT2D eigenvalue weighted by Gasteiger charge is 2.25. The molecule has 0 N–H and O–H groups in total. The number of likely N-dealkylation sites (tertiary alicyclic amines) is 1. The number of piperidine rings is 1. The lowest BCUT2D eigenvalue weighted by Gasteiger charge is -2.36. The fraction of sp³-hybridized carbons (Fsp3) is 0.706. The van der Waals surface area contributed by atoms with Crippen molar-refractivity contribution in [1.82, 2.24) is 19.4 Å². The molecule has 0 unspecified atom stereocenters. The second kappa shape index (κ2) is 9.20. The van der Waals surface area contributed by atoms with Crippen LogP contribution in [0, 0.1) is 0 Å². The highest BCUT2D eigenvalue weighted by molar-refractivity contribution is 6.29. The first-order chi connectivity index (χ1) is 11.9. The van der Waals surface area contributed by atoms with Crippen molar-refractivity contribution in [3.05, 3.63) is 17.2 Å². The predicted molar refractivity (Wildman–Crippen MR) is 95.5 cm³/mol. The van der Waals surface area contributed by atoms with Gasteiger partial charge in [0.2, 0.25) is 5.91 Å². The molecule has 0 bridgehead atoms. The summed E-state index contributed by atoms with van der Waals surface area (Å²) in [5, 5.41) is 0.376. The smallest absolute Gasteiger partial charge is 0.326 e. The highest BCUT2D eigenvalue weighted by atomic mass is 35.5. The molecule has 1 amide bonds. The van der Waals surface area contributed by atoms with Crippen molar-refractivity contribution in [2.24, 2.45) is 0 Å². The van der Waals surface area contributed by atoms with E-state index in [-0.39, 0.29) is 18.4 Å². The quantitative estimate of drug-likeness (QED) is 0.682. The molecule has 1 saturated heterocycles. The molecule has 8 heteroatoms. The summed E-state index contributed by atoms with van der Waals surface area (Å²) in [6.45, 7) is 3.67. The first-order valence-corrected chi connectivity index (χ1v) is 9.09. The van der Waals surface area contributed by atoms with Crippen LogP contribution in [-0.4, -0.2) is 71.1 Å². The van der Waals surface area contributed by atoms with Gasteiger partial charge < -0.3 is 19.1 Å². The third-order valence-corrected chi connectivity index (χ3v) is 4.83. The molecule has 2 rings (SSSR count). The van der Waals surface area contributed by atoms with Crippen LogP contribution in [0.5, 0.6) is 0 Å². The minimum absolute atomic E-state index is 0.0165. The fourth-order valence-corrected chi connectivity index (χ4v) is 3.28. The van der Waals surface area contributed by atoms with Crippen molar-refractivity contribution in [3.63, 3.8) is 0 Å².